The summed E-state index contributed by atoms with van der Waals surface area (Å²) in [5.41, 5.74) is 1.95. The van der Waals surface area contributed by atoms with Gasteiger partial charge in [-0.3, -0.25) is 0 Å². The van der Waals surface area contributed by atoms with Crippen molar-refractivity contribution in [3.63, 3.8) is 0 Å². The van der Waals surface area contributed by atoms with Crippen LogP contribution in [0.2, 0.25) is 5.02 Å². The summed E-state index contributed by atoms with van der Waals surface area (Å²) in [5, 5.41) is 12.3. The van der Waals surface area contributed by atoms with Gasteiger partial charge in [-0.2, -0.15) is 0 Å². The first-order valence-corrected chi connectivity index (χ1v) is 9.81. The van der Waals surface area contributed by atoms with Crippen LogP contribution < -0.4 is 0 Å². The van der Waals surface area contributed by atoms with E-state index in [-0.39, 0.29) is 5.82 Å². The summed E-state index contributed by atoms with van der Waals surface area (Å²) < 4.78 is 14.2. The molecule has 4 nitrogen and oxygen atoms in total. The van der Waals surface area contributed by atoms with Crippen LogP contribution in [0.3, 0.4) is 0 Å². The number of hydrogen-bond acceptors (Lipinski definition) is 3. The second kappa shape index (κ2) is 6.30. The molecular formula is C21H21ClFN3O. The molecule has 0 spiro atoms. The average Bonchev–Trinajstić information content (AvgIpc) is 3.27. The number of nitrogens with zero attached hydrogens (tertiary/aromatic N) is 2. The highest BCUT2D eigenvalue weighted by Gasteiger charge is 2.42. The number of rotatable bonds is 2. The molecule has 2 unspecified atom stereocenters. The fourth-order valence-electron chi connectivity index (χ4n) is 4.80. The molecular weight excluding hydrogens is 365 g/mol. The lowest BCUT2D eigenvalue weighted by Gasteiger charge is -2.41. The van der Waals surface area contributed by atoms with Crippen molar-refractivity contribution in [3.05, 3.63) is 53.1 Å². The van der Waals surface area contributed by atoms with Crippen molar-refractivity contribution >= 4 is 22.6 Å². The maximum atomic E-state index is 14.2. The highest BCUT2D eigenvalue weighted by molar-refractivity contribution is 6.31. The number of aromatic amines is 1. The summed E-state index contributed by atoms with van der Waals surface area (Å²) in [5.74, 6) is -0.333. The Morgan fingerprint density at radius 2 is 2.19 bits per heavy atom. The lowest BCUT2D eigenvalue weighted by atomic mass is 9.80. The molecule has 0 bridgehead atoms. The van der Waals surface area contributed by atoms with Crippen LogP contribution in [0.5, 0.6) is 0 Å². The summed E-state index contributed by atoms with van der Waals surface area (Å²) >= 11 is 6.62. The van der Waals surface area contributed by atoms with Gasteiger partial charge < -0.3 is 15.0 Å². The van der Waals surface area contributed by atoms with Gasteiger partial charge in [0.25, 0.3) is 0 Å². The summed E-state index contributed by atoms with van der Waals surface area (Å²) in [4.78, 5) is 9.48. The van der Waals surface area contributed by atoms with Crippen LogP contribution in [-0.4, -0.2) is 39.1 Å². The van der Waals surface area contributed by atoms with E-state index in [4.69, 9.17) is 11.6 Å². The normalized spacial score (nSPS) is 25.8. The van der Waals surface area contributed by atoms with Crippen LogP contribution in [0, 0.1) is 5.82 Å². The molecule has 0 aliphatic carbocycles. The van der Waals surface area contributed by atoms with E-state index >= 15 is 0 Å². The first-order valence-electron chi connectivity index (χ1n) is 9.44. The molecule has 6 heteroatoms. The maximum absolute atomic E-state index is 14.2. The Labute approximate surface area is 162 Å². The SMILES string of the molecule is OC1(c2ccc(-c3ccnc4[nH]cc(F)c34)cc2Cl)CCN2CCCC2C1. The second-order valence-electron chi connectivity index (χ2n) is 7.73. The zero-order chi connectivity index (χ0) is 18.6. The van der Waals surface area contributed by atoms with Crippen molar-refractivity contribution < 1.29 is 9.50 Å². The fraction of sp³-hybridized carbons (Fsp3) is 0.381. The monoisotopic (exact) mass is 385 g/mol. The first-order chi connectivity index (χ1) is 13.0. The third kappa shape index (κ3) is 2.76. The van der Waals surface area contributed by atoms with Crippen LogP contribution >= 0.6 is 11.6 Å². The molecule has 27 heavy (non-hydrogen) atoms. The van der Waals surface area contributed by atoms with E-state index in [1.807, 2.05) is 18.2 Å². The van der Waals surface area contributed by atoms with Gasteiger partial charge in [-0.1, -0.05) is 23.7 Å². The van der Waals surface area contributed by atoms with E-state index in [1.54, 1.807) is 12.3 Å². The lowest BCUT2D eigenvalue weighted by molar-refractivity contribution is -0.0408. The predicted octanol–water partition coefficient (Wildman–Crippen LogP) is 4.47. The number of nitrogens with one attached hydrogen (secondary N) is 1. The topological polar surface area (TPSA) is 52.2 Å². The van der Waals surface area contributed by atoms with E-state index in [2.05, 4.69) is 14.9 Å². The van der Waals surface area contributed by atoms with Gasteiger partial charge in [-0.15, -0.1) is 0 Å². The number of benzene rings is 1. The third-order valence-electron chi connectivity index (χ3n) is 6.19. The molecule has 2 saturated heterocycles. The Morgan fingerprint density at radius 1 is 1.30 bits per heavy atom. The van der Waals surface area contributed by atoms with Crippen molar-refractivity contribution in [2.24, 2.45) is 0 Å². The molecule has 4 heterocycles. The van der Waals surface area contributed by atoms with Gasteiger partial charge in [0.05, 0.1) is 11.0 Å². The van der Waals surface area contributed by atoms with Crippen LogP contribution in [0.25, 0.3) is 22.2 Å². The fourth-order valence-corrected chi connectivity index (χ4v) is 5.16. The summed E-state index contributed by atoms with van der Waals surface area (Å²) in [6.45, 7) is 2.03. The van der Waals surface area contributed by atoms with Crippen LogP contribution in [0.15, 0.2) is 36.7 Å². The Kier molecular flexibility index (Phi) is 4.00. The Balaban J connectivity index is 1.53. The molecule has 140 valence electrons. The van der Waals surface area contributed by atoms with Crippen LogP contribution in [0.4, 0.5) is 4.39 Å². The van der Waals surface area contributed by atoms with Crippen molar-refractivity contribution in [2.45, 2.75) is 37.3 Å². The molecule has 2 aliphatic heterocycles. The maximum Gasteiger partial charge on any atom is 0.150 e. The number of halogens is 2. The molecule has 2 aromatic heterocycles. The second-order valence-corrected chi connectivity index (χ2v) is 8.14. The minimum atomic E-state index is -0.895. The number of aromatic nitrogens is 2. The quantitative estimate of drug-likeness (QED) is 0.684. The van der Waals surface area contributed by atoms with E-state index < -0.39 is 5.60 Å². The zero-order valence-electron chi connectivity index (χ0n) is 14.9. The van der Waals surface area contributed by atoms with E-state index in [1.165, 1.54) is 12.6 Å². The van der Waals surface area contributed by atoms with Crippen molar-refractivity contribution in [1.82, 2.24) is 14.9 Å². The average molecular weight is 386 g/mol. The molecule has 2 aliphatic rings. The molecule has 0 amide bonds. The first kappa shape index (κ1) is 17.2. The third-order valence-corrected chi connectivity index (χ3v) is 6.50. The molecule has 2 atom stereocenters. The Hall–Kier alpha value is -1.95. The van der Waals surface area contributed by atoms with Gasteiger partial charge >= 0.3 is 0 Å². The number of piperidine rings is 1. The van der Waals surface area contributed by atoms with Gasteiger partial charge in [0.2, 0.25) is 0 Å². The predicted molar refractivity (Wildman–Crippen MR) is 104 cm³/mol. The van der Waals surface area contributed by atoms with Crippen molar-refractivity contribution in [2.75, 3.05) is 13.1 Å². The minimum absolute atomic E-state index is 0.333. The number of H-pyrrole nitrogens is 1. The molecule has 0 radical (unpaired) electrons. The molecule has 1 aromatic carbocycles. The molecule has 3 aromatic rings. The largest absolute Gasteiger partial charge is 0.385 e. The van der Waals surface area contributed by atoms with E-state index in [0.29, 0.717) is 28.5 Å². The van der Waals surface area contributed by atoms with Crippen LogP contribution in [-0.2, 0) is 5.60 Å². The summed E-state index contributed by atoms with van der Waals surface area (Å²) in [7, 11) is 0. The van der Waals surface area contributed by atoms with Gasteiger partial charge in [0, 0.05) is 35.6 Å². The summed E-state index contributed by atoms with van der Waals surface area (Å²) in [6, 6.07) is 7.88. The highest BCUT2D eigenvalue weighted by atomic mass is 35.5. The molecule has 0 saturated carbocycles. The van der Waals surface area contributed by atoms with Gasteiger partial charge in [-0.25, -0.2) is 9.37 Å². The van der Waals surface area contributed by atoms with E-state index in [9.17, 15) is 9.50 Å². The molecule has 2 fully saturated rings. The smallest absolute Gasteiger partial charge is 0.150 e. The van der Waals surface area contributed by atoms with Crippen LogP contribution in [0.1, 0.15) is 31.2 Å². The van der Waals surface area contributed by atoms with Crippen molar-refractivity contribution in [1.29, 1.82) is 0 Å². The zero-order valence-corrected chi connectivity index (χ0v) is 15.6. The molecule has 5 rings (SSSR count). The number of pyridine rings is 1. The number of aliphatic hydroxyl groups is 1. The Bertz CT molecular complexity index is 1020. The standard InChI is InChI=1S/C21H21ClFN3O/c22-17-10-13(15-5-7-24-20-19(15)18(23)12-25-20)3-4-16(17)21(27)6-9-26-8-1-2-14(26)11-21/h3-5,7,10,12,14,27H,1-2,6,8-9,11H2,(H,24,25). The number of hydrogen-bond donors (Lipinski definition) is 2. The minimum Gasteiger partial charge on any atom is -0.385 e. The summed E-state index contributed by atoms with van der Waals surface area (Å²) in [6.07, 6.45) is 6.72. The van der Waals surface area contributed by atoms with Gasteiger partial charge in [0.1, 0.15) is 5.65 Å². The van der Waals surface area contributed by atoms with E-state index in [0.717, 1.165) is 42.6 Å². The van der Waals surface area contributed by atoms with Crippen molar-refractivity contribution in [3.8, 4) is 11.1 Å². The lowest BCUT2D eigenvalue weighted by Crippen LogP contribution is -2.46. The number of fused-ring (bicyclic) bond motifs is 2. The molecule has 2 N–H and O–H groups in total. The highest BCUT2D eigenvalue weighted by Crippen LogP contribution is 2.43. The van der Waals surface area contributed by atoms with Gasteiger partial charge in [0.15, 0.2) is 5.82 Å². The van der Waals surface area contributed by atoms with Gasteiger partial charge in [-0.05, 0) is 55.5 Å². The Morgan fingerprint density at radius 3 is 3.04 bits per heavy atom.